The molecule has 0 bridgehead atoms. The van der Waals surface area contributed by atoms with E-state index in [4.69, 9.17) is 5.73 Å². The van der Waals surface area contributed by atoms with Crippen LogP contribution in [-0.4, -0.2) is 24.9 Å². The number of nitrogens with two attached hydrogens (primary N) is 1. The van der Waals surface area contributed by atoms with Gasteiger partial charge in [-0.05, 0) is 45.0 Å². The fraction of sp³-hybridized carbons (Fsp3) is 0.462. The summed E-state index contributed by atoms with van der Waals surface area (Å²) >= 11 is 3.43. The summed E-state index contributed by atoms with van der Waals surface area (Å²) in [5.41, 5.74) is 7.66. The van der Waals surface area contributed by atoms with Gasteiger partial charge in [-0.1, -0.05) is 12.6 Å². The third-order valence-electron chi connectivity index (χ3n) is 2.35. The molecule has 0 aliphatic heterocycles. The molecular formula is C13H23N3OS. The Labute approximate surface area is 115 Å². The second-order valence-corrected chi connectivity index (χ2v) is 4.01. The lowest BCUT2D eigenvalue weighted by molar-refractivity contribution is 0.261. The Morgan fingerprint density at radius 2 is 1.72 bits per heavy atom. The highest BCUT2D eigenvalue weighted by atomic mass is 32.1. The number of nitrogens with one attached hydrogen (secondary N) is 1. The van der Waals surface area contributed by atoms with E-state index < -0.39 is 0 Å². The van der Waals surface area contributed by atoms with Gasteiger partial charge in [0.1, 0.15) is 0 Å². The molecule has 0 atom stereocenters. The van der Waals surface area contributed by atoms with E-state index in [1.54, 1.807) is 0 Å². The van der Waals surface area contributed by atoms with Crippen LogP contribution >= 0.6 is 12.6 Å². The second kappa shape index (κ2) is 9.65. The van der Waals surface area contributed by atoms with Crippen molar-refractivity contribution >= 4 is 29.2 Å². The number of thiol groups is 1. The van der Waals surface area contributed by atoms with Gasteiger partial charge in [-0.2, -0.15) is 0 Å². The van der Waals surface area contributed by atoms with Crippen LogP contribution in [0.25, 0.3) is 0 Å². The minimum Gasteiger partial charge on any atom is -0.399 e. The van der Waals surface area contributed by atoms with Gasteiger partial charge in [0, 0.05) is 31.0 Å². The molecule has 102 valence electrons. The van der Waals surface area contributed by atoms with Crippen molar-refractivity contribution < 1.29 is 4.79 Å². The molecule has 0 unspecified atom stereocenters. The van der Waals surface area contributed by atoms with Crippen LogP contribution in [0, 0.1) is 0 Å². The van der Waals surface area contributed by atoms with E-state index in [-0.39, 0.29) is 5.24 Å². The molecule has 1 aromatic carbocycles. The molecule has 0 aliphatic rings. The van der Waals surface area contributed by atoms with Crippen LogP contribution in [0.15, 0.2) is 24.3 Å². The molecule has 0 radical (unpaired) electrons. The van der Waals surface area contributed by atoms with Crippen LogP contribution in [-0.2, 0) is 0 Å². The SMILES string of the molecule is CCN(CC)c1ccc(N)cc1.CCNC(=O)S. The van der Waals surface area contributed by atoms with E-state index in [0.29, 0.717) is 6.54 Å². The third-order valence-corrected chi connectivity index (χ3v) is 2.51. The summed E-state index contributed by atoms with van der Waals surface area (Å²) in [6, 6.07) is 7.99. The lowest BCUT2D eigenvalue weighted by Crippen LogP contribution is -2.21. The van der Waals surface area contributed by atoms with E-state index in [0.717, 1.165) is 18.8 Å². The zero-order valence-electron chi connectivity index (χ0n) is 11.3. The number of carbonyl (C=O) groups is 1. The molecule has 1 amide bonds. The maximum absolute atomic E-state index is 9.80. The lowest BCUT2D eigenvalue weighted by Gasteiger charge is -2.20. The number of benzene rings is 1. The highest BCUT2D eigenvalue weighted by molar-refractivity contribution is 7.96. The summed E-state index contributed by atoms with van der Waals surface area (Å²) in [5, 5.41) is 2.17. The molecule has 0 heterocycles. The Bertz CT molecular complexity index is 337. The van der Waals surface area contributed by atoms with Crippen molar-refractivity contribution in [2.24, 2.45) is 0 Å². The van der Waals surface area contributed by atoms with E-state index in [1.807, 2.05) is 19.1 Å². The van der Waals surface area contributed by atoms with Crippen molar-refractivity contribution in [2.45, 2.75) is 20.8 Å². The molecule has 4 nitrogen and oxygen atoms in total. The zero-order valence-corrected chi connectivity index (χ0v) is 12.2. The molecular weight excluding hydrogens is 246 g/mol. The average Bonchev–Trinajstić information content (AvgIpc) is 2.33. The molecule has 18 heavy (non-hydrogen) atoms. The minimum atomic E-state index is -0.266. The first-order valence-electron chi connectivity index (χ1n) is 6.12. The number of nitrogens with zero attached hydrogens (tertiary/aromatic N) is 1. The summed E-state index contributed by atoms with van der Waals surface area (Å²) in [6.45, 7) is 8.89. The van der Waals surface area contributed by atoms with Gasteiger partial charge in [-0.3, -0.25) is 4.79 Å². The van der Waals surface area contributed by atoms with Gasteiger partial charge >= 0.3 is 0 Å². The number of hydrogen-bond acceptors (Lipinski definition) is 3. The predicted molar refractivity (Wildman–Crippen MR) is 82.5 cm³/mol. The average molecular weight is 269 g/mol. The van der Waals surface area contributed by atoms with E-state index >= 15 is 0 Å². The van der Waals surface area contributed by atoms with Crippen molar-refractivity contribution in [3.05, 3.63) is 24.3 Å². The van der Waals surface area contributed by atoms with Crippen molar-refractivity contribution in [3.8, 4) is 0 Å². The predicted octanol–water partition coefficient (Wildman–Crippen LogP) is 2.76. The van der Waals surface area contributed by atoms with Gasteiger partial charge in [0.15, 0.2) is 0 Å². The van der Waals surface area contributed by atoms with E-state index in [2.05, 4.69) is 48.8 Å². The van der Waals surface area contributed by atoms with Crippen LogP contribution < -0.4 is 16.0 Å². The minimum absolute atomic E-state index is 0.266. The highest BCUT2D eigenvalue weighted by Gasteiger charge is 1.99. The van der Waals surface area contributed by atoms with E-state index in [1.165, 1.54) is 5.69 Å². The molecule has 0 aromatic heterocycles. The summed E-state index contributed by atoms with van der Waals surface area (Å²) in [5.74, 6) is 0. The molecule has 0 saturated carbocycles. The van der Waals surface area contributed by atoms with Crippen molar-refractivity contribution in [3.63, 3.8) is 0 Å². The fourth-order valence-corrected chi connectivity index (χ4v) is 1.58. The highest BCUT2D eigenvalue weighted by Crippen LogP contribution is 2.15. The summed E-state index contributed by atoms with van der Waals surface area (Å²) < 4.78 is 0. The van der Waals surface area contributed by atoms with Crippen LogP contribution in [0.1, 0.15) is 20.8 Å². The summed E-state index contributed by atoms with van der Waals surface area (Å²) in [7, 11) is 0. The summed E-state index contributed by atoms with van der Waals surface area (Å²) in [6.07, 6.45) is 0. The number of amides is 1. The van der Waals surface area contributed by atoms with Crippen LogP contribution in [0.2, 0.25) is 0 Å². The third kappa shape index (κ3) is 7.06. The van der Waals surface area contributed by atoms with Crippen molar-refractivity contribution in [2.75, 3.05) is 30.3 Å². The lowest BCUT2D eigenvalue weighted by atomic mass is 10.2. The maximum atomic E-state index is 9.80. The fourth-order valence-electron chi connectivity index (χ4n) is 1.43. The first-order chi connectivity index (χ1) is 8.54. The monoisotopic (exact) mass is 269 g/mol. The molecule has 1 rings (SSSR count). The molecule has 3 N–H and O–H groups in total. The first kappa shape index (κ1) is 16.6. The second-order valence-electron chi connectivity index (χ2n) is 3.60. The summed E-state index contributed by atoms with van der Waals surface area (Å²) in [4.78, 5) is 12.1. The Hall–Kier alpha value is -1.36. The molecule has 0 fully saturated rings. The Morgan fingerprint density at radius 3 is 2.00 bits per heavy atom. The van der Waals surface area contributed by atoms with Gasteiger partial charge in [0.05, 0.1) is 0 Å². The topological polar surface area (TPSA) is 58.4 Å². The number of anilines is 2. The molecule has 5 heteroatoms. The number of nitrogen functional groups attached to an aromatic ring is 1. The largest absolute Gasteiger partial charge is 0.399 e. The molecule has 0 spiro atoms. The van der Waals surface area contributed by atoms with Gasteiger partial charge in [-0.15, -0.1) is 0 Å². The first-order valence-corrected chi connectivity index (χ1v) is 6.57. The Kier molecular flexibility index (Phi) is 8.92. The van der Waals surface area contributed by atoms with E-state index in [9.17, 15) is 4.79 Å². The molecule has 0 saturated heterocycles. The molecule has 0 aliphatic carbocycles. The van der Waals surface area contributed by atoms with Crippen molar-refractivity contribution in [1.82, 2.24) is 5.32 Å². The standard InChI is InChI=1S/C10H16N2.C3H7NOS/c1-3-12(4-2)10-7-5-9(11)6-8-10;1-2-4-3(5)6/h5-8H,3-4,11H2,1-2H3;2H2,1H3,(H2,4,5,6). The Morgan fingerprint density at radius 1 is 1.22 bits per heavy atom. The maximum Gasteiger partial charge on any atom is 0.275 e. The quantitative estimate of drug-likeness (QED) is 0.582. The normalized spacial score (nSPS) is 9.11. The number of rotatable bonds is 4. The van der Waals surface area contributed by atoms with Gasteiger partial charge in [0.2, 0.25) is 0 Å². The molecule has 1 aromatic rings. The van der Waals surface area contributed by atoms with Crippen molar-refractivity contribution in [1.29, 1.82) is 0 Å². The number of hydrogen-bond donors (Lipinski definition) is 3. The van der Waals surface area contributed by atoms with Crippen LogP contribution in [0.3, 0.4) is 0 Å². The van der Waals surface area contributed by atoms with Crippen LogP contribution in [0.4, 0.5) is 16.2 Å². The number of carbonyl (C=O) groups excluding carboxylic acids is 1. The van der Waals surface area contributed by atoms with Gasteiger partial charge in [0.25, 0.3) is 5.24 Å². The van der Waals surface area contributed by atoms with Gasteiger partial charge in [-0.25, -0.2) is 0 Å². The van der Waals surface area contributed by atoms with Gasteiger partial charge < -0.3 is 16.0 Å². The van der Waals surface area contributed by atoms with Crippen LogP contribution in [0.5, 0.6) is 0 Å². The zero-order chi connectivity index (χ0) is 14.0. The Balaban J connectivity index is 0.000000411. The smallest absolute Gasteiger partial charge is 0.275 e.